The molecule has 0 atom stereocenters. The fourth-order valence-electron chi connectivity index (χ4n) is 3.07. The van der Waals surface area contributed by atoms with Gasteiger partial charge in [-0.15, -0.1) is 0 Å². The van der Waals surface area contributed by atoms with Crippen LogP contribution in [0.25, 0.3) is 11.0 Å². The highest BCUT2D eigenvalue weighted by Crippen LogP contribution is 2.27. The van der Waals surface area contributed by atoms with Crippen LogP contribution in [0.2, 0.25) is 5.02 Å². The van der Waals surface area contributed by atoms with E-state index in [-0.39, 0.29) is 5.02 Å². The number of benzene rings is 1. The summed E-state index contributed by atoms with van der Waals surface area (Å²) < 4.78 is 15.5. The van der Waals surface area contributed by atoms with E-state index in [0.717, 1.165) is 44.5 Å². The first-order valence-electron chi connectivity index (χ1n) is 7.41. The number of fused-ring (bicyclic) bond motifs is 1. The van der Waals surface area contributed by atoms with Crippen molar-refractivity contribution in [3.63, 3.8) is 0 Å². The number of nitrogens with two attached hydrogens (primary N) is 1. The highest BCUT2D eigenvalue weighted by atomic mass is 35.5. The third-order valence-corrected chi connectivity index (χ3v) is 4.70. The summed E-state index contributed by atoms with van der Waals surface area (Å²) in [6.45, 7) is 6.38. The van der Waals surface area contributed by atoms with Crippen molar-refractivity contribution in [2.45, 2.75) is 26.3 Å². The number of piperidine rings is 1. The van der Waals surface area contributed by atoms with Gasteiger partial charge in [0.1, 0.15) is 5.82 Å². The minimum Gasteiger partial charge on any atom is -0.369 e. The number of aromatic nitrogens is 2. The average Bonchev–Trinajstić information content (AvgIpc) is 2.76. The molecule has 6 heteroatoms. The Balaban J connectivity index is 1.84. The van der Waals surface area contributed by atoms with Crippen molar-refractivity contribution in [3.05, 3.63) is 23.0 Å². The van der Waals surface area contributed by atoms with Gasteiger partial charge in [0.15, 0.2) is 0 Å². The first-order valence-corrected chi connectivity index (χ1v) is 7.79. The largest absolute Gasteiger partial charge is 0.369 e. The van der Waals surface area contributed by atoms with Gasteiger partial charge >= 0.3 is 0 Å². The molecule has 1 saturated heterocycles. The van der Waals surface area contributed by atoms with Gasteiger partial charge in [-0.2, -0.15) is 0 Å². The van der Waals surface area contributed by atoms with E-state index >= 15 is 0 Å². The Morgan fingerprint density at radius 1 is 1.38 bits per heavy atom. The number of likely N-dealkylation sites (tertiary alicyclic amines) is 1. The Bertz CT molecular complexity index is 647. The SMILES string of the molecule is CCN1CCC(Cn2c(N)nc3cc(F)c(Cl)cc32)CC1. The van der Waals surface area contributed by atoms with Crippen LogP contribution in [-0.2, 0) is 6.54 Å². The highest BCUT2D eigenvalue weighted by Gasteiger charge is 2.21. The molecule has 3 rings (SSSR count). The predicted molar refractivity (Wildman–Crippen MR) is 84.0 cm³/mol. The number of imidazole rings is 1. The summed E-state index contributed by atoms with van der Waals surface area (Å²) in [6.07, 6.45) is 2.31. The molecule has 1 fully saturated rings. The van der Waals surface area contributed by atoms with Gasteiger partial charge in [-0.1, -0.05) is 18.5 Å². The average molecular weight is 311 g/mol. The molecule has 2 N–H and O–H groups in total. The monoisotopic (exact) mass is 310 g/mol. The van der Waals surface area contributed by atoms with Crippen molar-refractivity contribution in [1.29, 1.82) is 0 Å². The lowest BCUT2D eigenvalue weighted by Gasteiger charge is -2.31. The van der Waals surface area contributed by atoms with Crippen LogP contribution >= 0.6 is 11.6 Å². The maximum Gasteiger partial charge on any atom is 0.201 e. The summed E-state index contributed by atoms with van der Waals surface area (Å²) in [6, 6.07) is 2.97. The number of halogens is 2. The van der Waals surface area contributed by atoms with E-state index in [1.54, 1.807) is 6.07 Å². The van der Waals surface area contributed by atoms with Crippen molar-refractivity contribution in [2.24, 2.45) is 5.92 Å². The quantitative estimate of drug-likeness (QED) is 0.947. The molecule has 1 aliphatic heterocycles. The van der Waals surface area contributed by atoms with E-state index in [1.807, 2.05) is 4.57 Å². The fourth-order valence-corrected chi connectivity index (χ4v) is 3.23. The second-order valence-corrected chi connectivity index (χ2v) is 6.12. The normalized spacial score (nSPS) is 17.7. The molecule has 0 aliphatic carbocycles. The molecule has 1 aromatic heterocycles. The molecule has 114 valence electrons. The smallest absolute Gasteiger partial charge is 0.201 e. The molecule has 2 aromatic rings. The predicted octanol–water partition coefficient (Wildman–Crippen LogP) is 3.14. The number of nitrogens with zero attached hydrogens (tertiary/aromatic N) is 3. The van der Waals surface area contributed by atoms with Gasteiger partial charge in [-0.3, -0.25) is 0 Å². The van der Waals surface area contributed by atoms with Crippen molar-refractivity contribution in [1.82, 2.24) is 14.5 Å². The molecule has 1 aliphatic rings. The van der Waals surface area contributed by atoms with Crippen molar-refractivity contribution in [2.75, 3.05) is 25.4 Å². The Morgan fingerprint density at radius 3 is 2.76 bits per heavy atom. The van der Waals surface area contributed by atoms with Crippen LogP contribution in [0.5, 0.6) is 0 Å². The summed E-state index contributed by atoms with van der Waals surface area (Å²) in [7, 11) is 0. The van der Waals surface area contributed by atoms with Crippen molar-refractivity contribution < 1.29 is 4.39 Å². The lowest BCUT2D eigenvalue weighted by molar-refractivity contribution is 0.182. The molecule has 21 heavy (non-hydrogen) atoms. The molecule has 0 spiro atoms. The second kappa shape index (κ2) is 5.81. The summed E-state index contributed by atoms with van der Waals surface area (Å²) in [5.41, 5.74) is 7.39. The van der Waals surface area contributed by atoms with E-state index < -0.39 is 5.82 Å². The molecule has 4 nitrogen and oxygen atoms in total. The van der Waals surface area contributed by atoms with Crippen LogP contribution in [0.15, 0.2) is 12.1 Å². The maximum absolute atomic E-state index is 13.5. The molecule has 1 aromatic carbocycles. The van der Waals surface area contributed by atoms with Crippen molar-refractivity contribution >= 4 is 28.6 Å². The van der Waals surface area contributed by atoms with Crippen LogP contribution in [0.1, 0.15) is 19.8 Å². The van der Waals surface area contributed by atoms with Crippen LogP contribution in [0.3, 0.4) is 0 Å². The minimum atomic E-state index is -0.454. The number of hydrogen-bond acceptors (Lipinski definition) is 3. The minimum absolute atomic E-state index is 0.115. The van der Waals surface area contributed by atoms with Gasteiger partial charge in [0.25, 0.3) is 0 Å². The lowest BCUT2D eigenvalue weighted by atomic mass is 9.96. The summed E-state index contributed by atoms with van der Waals surface area (Å²) in [5.74, 6) is 0.561. The Labute approximate surface area is 128 Å². The molecule has 2 heterocycles. The van der Waals surface area contributed by atoms with Gasteiger partial charge in [-0.05, 0) is 44.5 Å². The summed E-state index contributed by atoms with van der Waals surface area (Å²) >= 11 is 5.89. The first-order chi connectivity index (χ1) is 10.1. The standard InChI is InChI=1S/C15H20ClFN4/c1-2-20-5-3-10(4-6-20)9-21-14-7-11(16)12(17)8-13(14)19-15(21)18/h7-8,10H,2-6,9H2,1H3,(H2,18,19). The number of rotatable bonds is 3. The Hall–Kier alpha value is -1.33. The zero-order valence-corrected chi connectivity index (χ0v) is 12.9. The number of hydrogen-bond donors (Lipinski definition) is 1. The zero-order chi connectivity index (χ0) is 15.0. The van der Waals surface area contributed by atoms with Crippen LogP contribution in [-0.4, -0.2) is 34.1 Å². The van der Waals surface area contributed by atoms with E-state index in [9.17, 15) is 4.39 Å². The summed E-state index contributed by atoms with van der Waals surface area (Å²) in [4.78, 5) is 6.70. The summed E-state index contributed by atoms with van der Waals surface area (Å²) in [5, 5.41) is 0.115. The fraction of sp³-hybridized carbons (Fsp3) is 0.533. The van der Waals surface area contributed by atoms with Crippen molar-refractivity contribution in [3.8, 4) is 0 Å². The molecular weight excluding hydrogens is 291 g/mol. The highest BCUT2D eigenvalue weighted by molar-refractivity contribution is 6.31. The van der Waals surface area contributed by atoms with Crippen LogP contribution in [0.4, 0.5) is 10.3 Å². The number of anilines is 1. The van der Waals surface area contributed by atoms with E-state index in [2.05, 4.69) is 16.8 Å². The Kier molecular flexibility index (Phi) is 4.04. The van der Waals surface area contributed by atoms with Crippen LogP contribution < -0.4 is 5.73 Å². The van der Waals surface area contributed by atoms with Crippen LogP contribution in [0, 0.1) is 11.7 Å². The molecule has 0 unspecified atom stereocenters. The van der Waals surface area contributed by atoms with E-state index in [0.29, 0.717) is 17.4 Å². The third kappa shape index (κ3) is 2.85. The second-order valence-electron chi connectivity index (χ2n) is 5.71. The zero-order valence-electron chi connectivity index (χ0n) is 12.1. The molecule has 0 bridgehead atoms. The Morgan fingerprint density at radius 2 is 2.10 bits per heavy atom. The van der Waals surface area contributed by atoms with Gasteiger partial charge in [-0.25, -0.2) is 9.37 Å². The number of nitrogen functional groups attached to an aromatic ring is 1. The van der Waals surface area contributed by atoms with Gasteiger partial charge in [0.05, 0.1) is 16.1 Å². The topological polar surface area (TPSA) is 47.1 Å². The maximum atomic E-state index is 13.5. The molecule has 0 amide bonds. The van der Waals surface area contributed by atoms with E-state index in [1.165, 1.54) is 6.07 Å². The molecule has 0 radical (unpaired) electrons. The molecule has 0 saturated carbocycles. The van der Waals surface area contributed by atoms with E-state index in [4.69, 9.17) is 17.3 Å². The van der Waals surface area contributed by atoms with Gasteiger partial charge < -0.3 is 15.2 Å². The lowest BCUT2D eigenvalue weighted by Crippen LogP contribution is -2.34. The van der Waals surface area contributed by atoms with Gasteiger partial charge in [0, 0.05) is 12.6 Å². The first kappa shape index (κ1) is 14.6. The molecular formula is C15H20ClFN4. The third-order valence-electron chi connectivity index (χ3n) is 4.41. The van der Waals surface area contributed by atoms with Gasteiger partial charge in [0.2, 0.25) is 5.95 Å².